The van der Waals surface area contributed by atoms with Gasteiger partial charge in [-0.05, 0) is 30.5 Å². The molecule has 1 heterocycles. The molecule has 0 spiro atoms. The van der Waals surface area contributed by atoms with E-state index in [9.17, 15) is 4.79 Å². The number of ether oxygens (including phenoxy) is 1. The molecule has 0 aliphatic heterocycles. The molecule has 4 heteroatoms. The molecular formula is C14H14O3S. The fraction of sp³-hybridized carbons (Fsp3) is 0.214. The summed E-state index contributed by atoms with van der Waals surface area (Å²) in [6, 6.07) is 9.23. The number of hydrogen-bond donors (Lipinski definition) is 1. The zero-order valence-corrected chi connectivity index (χ0v) is 10.9. The van der Waals surface area contributed by atoms with Crippen LogP contribution < -0.4 is 4.74 Å². The number of carboxylic acids is 1. The molecule has 1 aromatic carbocycles. The molecule has 94 valence electrons. The van der Waals surface area contributed by atoms with Gasteiger partial charge in [-0.2, -0.15) is 0 Å². The quantitative estimate of drug-likeness (QED) is 0.898. The maximum absolute atomic E-state index is 11.1. The van der Waals surface area contributed by atoms with Crippen molar-refractivity contribution in [3.63, 3.8) is 0 Å². The second kappa shape index (κ2) is 5.69. The smallest absolute Gasteiger partial charge is 0.339 e. The number of hydrogen-bond acceptors (Lipinski definition) is 3. The minimum absolute atomic E-state index is 0.223. The van der Waals surface area contributed by atoms with Crippen LogP contribution in [-0.4, -0.2) is 17.7 Å². The van der Waals surface area contributed by atoms with Crippen LogP contribution in [0.25, 0.3) is 0 Å². The molecule has 2 aromatic rings. The van der Waals surface area contributed by atoms with Gasteiger partial charge >= 0.3 is 5.97 Å². The van der Waals surface area contributed by atoms with Crippen LogP contribution in [0.3, 0.4) is 0 Å². The van der Waals surface area contributed by atoms with Gasteiger partial charge in [-0.15, -0.1) is 11.3 Å². The highest BCUT2D eigenvalue weighted by atomic mass is 32.1. The van der Waals surface area contributed by atoms with E-state index in [0.29, 0.717) is 12.4 Å². The first-order chi connectivity index (χ1) is 8.66. The first-order valence-corrected chi connectivity index (χ1v) is 6.54. The summed E-state index contributed by atoms with van der Waals surface area (Å²) in [5.41, 5.74) is 1.14. The minimum Gasteiger partial charge on any atom is -0.492 e. The summed E-state index contributed by atoms with van der Waals surface area (Å²) in [4.78, 5) is 12.3. The lowest BCUT2D eigenvalue weighted by molar-refractivity contribution is 0.0692. The normalized spacial score (nSPS) is 10.3. The van der Waals surface area contributed by atoms with E-state index in [1.807, 2.05) is 30.5 Å². The molecule has 1 aromatic heterocycles. The molecule has 0 atom stereocenters. The summed E-state index contributed by atoms with van der Waals surface area (Å²) in [5, 5.41) is 11.1. The third-order valence-electron chi connectivity index (χ3n) is 2.55. The monoisotopic (exact) mass is 262 g/mol. The molecule has 0 bridgehead atoms. The lowest BCUT2D eigenvalue weighted by Gasteiger charge is -2.09. The van der Waals surface area contributed by atoms with E-state index in [-0.39, 0.29) is 5.56 Å². The van der Waals surface area contributed by atoms with Gasteiger partial charge in [0.05, 0.1) is 6.61 Å². The molecule has 0 amide bonds. The summed E-state index contributed by atoms with van der Waals surface area (Å²) in [7, 11) is 0. The van der Waals surface area contributed by atoms with Crippen LogP contribution in [0.4, 0.5) is 0 Å². The topological polar surface area (TPSA) is 46.5 Å². The summed E-state index contributed by atoms with van der Waals surface area (Å²) >= 11 is 1.67. The largest absolute Gasteiger partial charge is 0.492 e. The van der Waals surface area contributed by atoms with Gasteiger partial charge in [-0.1, -0.05) is 17.7 Å². The number of benzene rings is 1. The van der Waals surface area contributed by atoms with Crippen molar-refractivity contribution in [3.8, 4) is 5.75 Å². The lowest BCUT2D eigenvalue weighted by Crippen LogP contribution is -2.06. The van der Waals surface area contributed by atoms with Gasteiger partial charge in [0.1, 0.15) is 11.3 Å². The molecule has 0 aliphatic rings. The van der Waals surface area contributed by atoms with Crippen molar-refractivity contribution >= 4 is 17.3 Å². The van der Waals surface area contributed by atoms with E-state index in [2.05, 4.69) is 0 Å². The van der Waals surface area contributed by atoms with Gasteiger partial charge in [0.25, 0.3) is 0 Å². The lowest BCUT2D eigenvalue weighted by atomic mass is 10.1. The zero-order valence-electron chi connectivity index (χ0n) is 10.1. The van der Waals surface area contributed by atoms with E-state index in [4.69, 9.17) is 9.84 Å². The fourth-order valence-corrected chi connectivity index (χ4v) is 2.34. The maximum atomic E-state index is 11.1. The molecule has 0 fully saturated rings. The van der Waals surface area contributed by atoms with Crippen LogP contribution in [0.15, 0.2) is 35.7 Å². The SMILES string of the molecule is Cc1ccc(OCCc2cccs2)c(C(=O)O)c1. The van der Waals surface area contributed by atoms with Gasteiger partial charge in [0.15, 0.2) is 0 Å². The Kier molecular flexibility index (Phi) is 3.99. The number of aromatic carboxylic acids is 1. The Morgan fingerprint density at radius 2 is 2.22 bits per heavy atom. The van der Waals surface area contributed by atoms with Crippen LogP contribution >= 0.6 is 11.3 Å². The summed E-state index contributed by atoms with van der Waals surface area (Å²) in [6.45, 7) is 2.35. The number of rotatable bonds is 5. The van der Waals surface area contributed by atoms with Crippen molar-refractivity contribution in [1.82, 2.24) is 0 Å². The van der Waals surface area contributed by atoms with Crippen LogP contribution in [0.5, 0.6) is 5.75 Å². The minimum atomic E-state index is -0.954. The van der Waals surface area contributed by atoms with Crippen molar-refractivity contribution in [2.45, 2.75) is 13.3 Å². The highest BCUT2D eigenvalue weighted by Gasteiger charge is 2.11. The van der Waals surface area contributed by atoms with E-state index >= 15 is 0 Å². The molecule has 0 saturated carbocycles. The second-order valence-corrected chi connectivity index (χ2v) is 5.01. The summed E-state index contributed by atoms with van der Waals surface area (Å²) in [5.74, 6) is -0.519. The summed E-state index contributed by atoms with van der Waals surface area (Å²) in [6.07, 6.45) is 0.796. The van der Waals surface area contributed by atoms with Gasteiger partial charge in [-0.3, -0.25) is 0 Å². The predicted octanol–water partition coefficient (Wildman–Crippen LogP) is 3.38. The van der Waals surface area contributed by atoms with Gasteiger partial charge < -0.3 is 9.84 Å². The van der Waals surface area contributed by atoms with Crippen LogP contribution in [-0.2, 0) is 6.42 Å². The molecule has 1 N–H and O–H groups in total. The summed E-state index contributed by atoms with van der Waals surface area (Å²) < 4.78 is 5.55. The van der Waals surface area contributed by atoms with Crippen molar-refractivity contribution in [3.05, 3.63) is 51.7 Å². The Morgan fingerprint density at radius 1 is 1.39 bits per heavy atom. The predicted molar refractivity (Wildman–Crippen MR) is 71.7 cm³/mol. The van der Waals surface area contributed by atoms with E-state index in [0.717, 1.165) is 12.0 Å². The Labute approximate surface area is 110 Å². The first-order valence-electron chi connectivity index (χ1n) is 5.66. The number of thiophene rings is 1. The van der Waals surface area contributed by atoms with Crippen LogP contribution in [0.1, 0.15) is 20.8 Å². The number of carboxylic acid groups (broad SMARTS) is 1. The van der Waals surface area contributed by atoms with Crippen LogP contribution in [0, 0.1) is 6.92 Å². The molecule has 18 heavy (non-hydrogen) atoms. The molecule has 0 radical (unpaired) electrons. The van der Waals surface area contributed by atoms with E-state index in [1.54, 1.807) is 23.5 Å². The van der Waals surface area contributed by atoms with E-state index < -0.39 is 5.97 Å². The van der Waals surface area contributed by atoms with Crippen molar-refractivity contribution in [2.75, 3.05) is 6.61 Å². The highest BCUT2D eigenvalue weighted by Crippen LogP contribution is 2.20. The molecule has 0 saturated heterocycles. The molecule has 2 rings (SSSR count). The average Bonchev–Trinajstić information content (AvgIpc) is 2.84. The zero-order chi connectivity index (χ0) is 13.0. The van der Waals surface area contributed by atoms with Crippen molar-refractivity contribution < 1.29 is 14.6 Å². The standard InChI is InChI=1S/C14H14O3S/c1-10-4-5-13(12(9-10)14(15)16)17-7-6-11-3-2-8-18-11/h2-5,8-9H,6-7H2,1H3,(H,15,16). The Bertz CT molecular complexity index is 532. The Balaban J connectivity index is 2.02. The van der Waals surface area contributed by atoms with Gasteiger partial charge in [0, 0.05) is 11.3 Å². The number of aryl methyl sites for hydroxylation is 1. The molecule has 0 aliphatic carbocycles. The fourth-order valence-electron chi connectivity index (χ4n) is 1.65. The van der Waals surface area contributed by atoms with Crippen LogP contribution in [0.2, 0.25) is 0 Å². The van der Waals surface area contributed by atoms with Gasteiger partial charge in [-0.25, -0.2) is 4.79 Å². The molecule has 3 nitrogen and oxygen atoms in total. The first kappa shape index (κ1) is 12.6. The molecule has 0 unspecified atom stereocenters. The van der Waals surface area contributed by atoms with E-state index in [1.165, 1.54) is 4.88 Å². The average molecular weight is 262 g/mol. The third kappa shape index (κ3) is 3.11. The molecular weight excluding hydrogens is 248 g/mol. The maximum Gasteiger partial charge on any atom is 0.339 e. The van der Waals surface area contributed by atoms with Crippen molar-refractivity contribution in [2.24, 2.45) is 0 Å². The Morgan fingerprint density at radius 3 is 2.89 bits per heavy atom. The van der Waals surface area contributed by atoms with Gasteiger partial charge in [0.2, 0.25) is 0 Å². The Hall–Kier alpha value is -1.81. The van der Waals surface area contributed by atoms with Crippen molar-refractivity contribution in [1.29, 1.82) is 0 Å². The highest BCUT2D eigenvalue weighted by molar-refractivity contribution is 7.09. The number of carbonyl (C=O) groups is 1. The third-order valence-corrected chi connectivity index (χ3v) is 3.49. The second-order valence-electron chi connectivity index (χ2n) is 3.98.